The van der Waals surface area contributed by atoms with Crippen LogP contribution in [-0.2, 0) is 14.6 Å². The van der Waals surface area contributed by atoms with E-state index in [-0.39, 0.29) is 11.8 Å². The summed E-state index contributed by atoms with van der Waals surface area (Å²) in [5, 5.41) is 3.37. The second-order valence-corrected chi connectivity index (χ2v) is 7.04. The normalized spacial score (nSPS) is 13.2. The molecule has 0 bridgehead atoms. The van der Waals surface area contributed by atoms with Crippen molar-refractivity contribution in [2.45, 2.75) is 44.0 Å². The number of methoxy groups -OCH3 is 1. The molecule has 0 aliphatic heterocycles. The molecule has 114 valence electrons. The molecular formula is C15H25NO3S. The molecule has 1 atom stereocenters. The molecule has 0 aromatic heterocycles. The quantitative estimate of drug-likeness (QED) is 0.761. The van der Waals surface area contributed by atoms with Crippen LogP contribution in [0.4, 0.5) is 5.69 Å². The first-order chi connectivity index (χ1) is 9.53. The van der Waals surface area contributed by atoms with Gasteiger partial charge in [0, 0.05) is 18.8 Å². The average molecular weight is 299 g/mol. The Kier molecular flexibility index (Phi) is 7.02. The predicted octanol–water partition coefficient (Wildman–Crippen LogP) is 3.10. The highest BCUT2D eigenvalue weighted by Gasteiger charge is 2.13. The topological polar surface area (TPSA) is 55.4 Å². The molecule has 0 aliphatic rings. The number of anilines is 1. The van der Waals surface area contributed by atoms with Crippen LogP contribution in [0.2, 0.25) is 0 Å². The van der Waals surface area contributed by atoms with Gasteiger partial charge in [-0.3, -0.25) is 0 Å². The van der Waals surface area contributed by atoms with Crippen LogP contribution in [0, 0.1) is 0 Å². The van der Waals surface area contributed by atoms with Gasteiger partial charge < -0.3 is 10.1 Å². The molecule has 4 nitrogen and oxygen atoms in total. The zero-order valence-electron chi connectivity index (χ0n) is 12.6. The number of sulfone groups is 1. The molecular weight excluding hydrogens is 274 g/mol. The lowest BCUT2D eigenvalue weighted by atomic mass is 10.1. The van der Waals surface area contributed by atoms with Crippen molar-refractivity contribution >= 4 is 15.5 Å². The summed E-state index contributed by atoms with van der Waals surface area (Å²) in [5.74, 6) is 0.196. The van der Waals surface area contributed by atoms with E-state index in [1.54, 1.807) is 19.2 Å². The number of benzene rings is 1. The van der Waals surface area contributed by atoms with Gasteiger partial charge in [0.25, 0.3) is 0 Å². The van der Waals surface area contributed by atoms with E-state index in [1.807, 2.05) is 19.1 Å². The molecule has 1 rings (SSSR count). The van der Waals surface area contributed by atoms with Crippen molar-refractivity contribution in [2.24, 2.45) is 0 Å². The van der Waals surface area contributed by atoms with E-state index in [0.29, 0.717) is 17.9 Å². The molecule has 1 N–H and O–H groups in total. The Morgan fingerprint density at radius 2 is 1.80 bits per heavy atom. The van der Waals surface area contributed by atoms with Crippen LogP contribution in [0.3, 0.4) is 0 Å². The van der Waals surface area contributed by atoms with Crippen molar-refractivity contribution in [1.82, 2.24) is 0 Å². The van der Waals surface area contributed by atoms with Crippen LogP contribution in [0.5, 0.6) is 0 Å². The standard InChI is InChI=1S/C15H25NO3S/c1-4-6-14(12-19-3)16-13-7-9-15(10-8-13)20(17,18)11-5-2/h7-10,14,16H,4-6,11-12H2,1-3H3. The lowest BCUT2D eigenvalue weighted by Crippen LogP contribution is -2.24. The van der Waals surface area contributed by atoms with Crippen LogP contribution in [0.25, 0.3) is 0 Å². The zero-order valence-corrected chi connectivity index (χ0v) is 13.4. The molecule has 0 saturated carbocycles. The SMILES string of the molecule is CCCC(COC)Nc1ccc(S(=O)(=O)CCC)cc1. The van der Waals surface area contributed by atoms with E-state index in [2.05, 4.69) is 12.2 Å². The van der Waals surface area contributed by atoms with Gasteiger partial charge in [-0.05, 0) is 37.1 Å². The van der Waals surface area contributed by atoms with Gasteiger partial charge in [0.2, 0.25) is 0 Å². The Balaban J connectivity index is 2.75. The molecule has 1 aromatic carbocycles. The zero-order chi connectivity index (χ0) is 15.0. The molecule has 0 radical (unpaired) electrons. The van der Waals surface area contributed by atoms with Gasteiger partial charge in [-0.1, -0.05) is 20.3 Å². The van der Waals surface area contributed by atoms with E-state index < -0.39 is 9.84 Å². The van der Waals surface area contributed by atoms with Crippen molar-refractivity contribution in [1.29, 1.82) is 0 Å². The maximum absolute atomic E-state index is 11.9. The number of ether oxygens (including phenoxy) is 1. The number of hydrogen-bond donors (Lipinski definition) is 1. The smallest absolute Gasteiger partial charge is 0.178 e. The van der Waals surface area contributed by atoms with Crippen LogP contribution in [-0.4, -0.2) is 33.9 Å². The van der Waals surface area contributed by atoms with Crippen molar-refractivity contribution in [2.75, 3.05) is 24.8 Å². The maximum atomic E-state index is 11.9. The maximum Gasteiger partial charge on any atom is 0.178 e. The minimum Gasteiger partial charge on any atom is -0.383 e. The van der Waals surface area contributed by atoms with Gasteiger partial charge in [0.1, 0.15) is 0 Å². The first-order valence-electron chi connectivity index (χ1n) is 7.11. The number of rotatable bonds is 9. The molecule has 0 heterocycles. The highest BCUT2D eigenvalue weighted by Crippen LogP contribution is 2.17. The van der Waals surface area contributed by atoms with E-state index in [1.165, 1.54) is 0 Å². The second kappa shape index (κ2) is 8.27. The first-order valence-corrected chi connectivity index (χ1v) is 8.77. The summed E-state index contributed by atoms with van der Waals surface area (Å²) in [5.41, 5.74) is 0.927. The summed E-state index contributed by atoms with van der Waals surface area (Å²) < 4.78 is 29.0. The Labute approximate surface area is 122 Å². The fraction of sp³-hybridized carbons (Fsp3) is 0.600. The summed E-state index contributed by atoms with van der Waals surface area (Å²) in [4.78, 5) is 0.392. The molecule has 5 heteroatoms. The Hall–Kier alpha value is -1.07. The predicted molar refractivity (Wildman–Crippen MR) is 83.0 cm³/mol. The Morgan fingerprint density at radius 1 is 1.15 bits per heavy atom. The second-order valence-electron chi connectivity index (χ2n) is 4.93. The van der Waals surface area contributed by atoms with Crippen molar-refractivity contribution in [3.8, 4) is 0 Å². The lowest BCUT2D eigenvalue weighted by molar-refractivity contribution is 0.182. The molecule has 1 aromatic rings. The summed E-state index contributed by atoms with van der Waals surface area (Å²) in [7, 11) is -1.44. The molecule has 0 fully saturated rings. The molecule has 20 heavy (non-hydrogen) atoms. The van der Waals surface area contributed by atoms with Crippen molar-refractivity contribution < 1.29 is 13.2 Å². The van der Waals surface area contributed by atoms with E-state index in [4.69, 9.17) is 4.74 Å². The van der Waals surface area contributed by atoms with Gasteiger partial charge in [0.05, 0.1) is 17.3 Å². The minimum absolute atomic E-state index is 0.196. The summed E-state index contributed by atoms with van der Waals surface area (Å²) in [6, 6.07) is 7.23. The summed E-state index contributed by atoms with van der Waals surface area (Å²) >= 11 is 0. The Morgan fingerprint density at radius 3 is 2.30 bits per heavy atom. The highest BCUT2D eigenvalue weighted by molar-refractivity contribution is 7.91. The van der Waals surface area contributed by atoms with Gasteiger partial charge in [-0.25, -0.2) is 8.42 Å². The van der Waals surface area contributed by atoms with Crippen LogP contribution < -0.4 is 5.32 Å². The lowest BCUT2D eigenvalue weighted by Gasteiger charge is -2.18. The van der Waals surface area contributed by atoms with Crippen molar-refractivity contribution in [3.05, 3.63) is 24.3 Å². The van der Waals surface area contributed by atoms with Gasteiger partial charge in [-0.15, -0.1) is 0 Å². The third-order valence-electron chi connectivity index (χ3n) is 3.06. The molecule has 0 aliphatic carbocycles. The van der Waals surface area contributed by atoms with Gasteiger partial charge in [0.15, 0.2) is 9.84 Å². The molecule has 0 spiro atoms. The minimum atomic E-state index is -3.13. The highest BCUT2D eigenvalue weighted by atomic mass is 32.2. The van der Waals surface area contributed by atoms with Crippen LogP contribution >= 0.6 is 0 Å². The van der Waals surface area contributed by atoms with E-state index in [0.717, 1.165) is 18.5 Å². The van der Waals surface area contributed by atoms with Gasteiger partial charge >= 0.3 is 0 Å². The summed E-state index contributed by atoms with van der Waals surface area (Å²) in [6.07, 6.45) is 2.72. The van der Waals surface area contributed by atoms with Crippen LogP contribution in [0.15, 0.2) is 29.2 Å². The number of nitrogens with one attached hydrogen (secondary N) is 1. The first kappa shape index (κ1) is 17.0. The Bertz CT molecular complexity index is 476. The fourth-order valence-electron chi connectivity index (χ4n) is 2.13. The van der Waals surface area contributed by atoms with Gasteiger partial charge in [-0.2, -0.15) is 0 Å². The van der Waals surface area contributed by atoms with E-state index >= 15 is 0 Å². The average Bonchev–Trinajstić information content (AvgIpc) is 2.40. The number of hydrogen-bond acceptors (Lipinski definition) is 4. The summed E-state index contributed by atoms with van der Waals surface area (Å²) in [6.45, 7) is 4.64. The molecule has 0 amide bonds. The molecule has 0 saturated heterocycles. The van der Waals surface area contributed by atoms with Crippen LogP contribution in [0.1, 0.15) is 33.1 Å². The van der Waals surface area contributed by atoms with E-state index in [9.17, 15) is 8.42 Å². The monoisotopic (exact) mass is 299 g/mol. The largest absolute Gasteiger partial charge is 0.383 e. The fourth-order valence-corrected chi connectivity index (χ4v) is 3.45. The third kappa shape index (κ3) is 5.13. The molecule has 1 unspecified atom stereocenters. The van der Waals surface area contributed by atoms with Crippen molar-refractivity contribution in [3.63, 3.8) is 0 Å². The third-order valence-corrected chi connectivity index (χ3v) is 5.00.